The van der Waals surface area contributed by atoms with Gasteiger partial charge in [0.05, 0.1) is 12.9 Å². The molecule has 0 fully saturated rings. The Labute approximate surface area is 178 Å². The van der Waals surface area contributed by atoms with Gasteiger partial charge in [-0.2, -0.15) is 0 Å². The summed E-state index contributed by atoms with van der Waals surface area (Å²) in [7, 11) is 1.65. The van der Waals surface area contributed by atoms with Crippen LogP contribution < -0.4 is 5.73 Å². The first-order valence-corrected chi connectivity index (χ1v) is 10.00. The molecule has 0 bridgehead atoms. The van der Waals surface area contributed by atoms with Gasteiger partial charge in [0.15, 0.2) is 0 Å². The minimum atomic E-state index is 0.440. The average Bonchev–Trinajstić information content (AvgIpc) is 3.09. The van der Waals surface area contributed by atoms with Crippen molar-refractivity contribution in [1.29, 1.82) is 0 Å². The van der Waals surface area contributed by atoms with Crippen LogP contribution >= 0.6 is 11.6 Å². The van der Waals surface area contributed by atoms with E-state index in [2.05, 4.69) is 33.7 Å². The molecule has 0 spiro atoms. The number of nitrogens with zero attached hydrogens (tertiary/aromatic N) is 3. The van der Waals surface area contributed by atoms with E-state index in [1.807, 2.05) is 44.2 Å². The van der Waals surface area contributed by atoms with Crippen molar-refractivity contribution in [2.24, 2.45) is 10.7 Å². The van der Waals surface area contributed by atoms with Gasteiger partial charge < -0.3 is 15.0 Å². The number of allylic oxidation sites excluding steroid dienone is 5. The Hall–Kier alpha value is -2.79. The minimum Gasteiger partial charge on any atom is -0.501 e. The average molecular weight is 413 g/mol. The molecule has 0 atom stereocenters. The maximum absolute atomic E-state index is 6.20. The molecule has 2 rings (SSSR count). The van der Waals surface area contributed by atoms with E-state index in [1.54, 1.807) is 19.5 Å². The Morgan fingerprint density at radius 1 is 1.34 bits per heavy atom. The number of aryl methyl sites for hydroxylation is 1. The van der Waals surface area contributed by atoms with Gasteiger partial charge in [0, 0.05) is 53.5 Å². The number of aliphatic imine (C=N–C) groups is 1. The molecule has 2 N–H and O–H groups in total. The molecular weight excluding hydrogens is 384 g/mol. The summed E-state index contributed by atoms with van der Waals surface area (Å²) in [4.78, 5) is 8.74. The van der Waals surface area contributed by atoms with Crippen LogP contribution in [0.1, 0.15) is 43.5 Å². The van der Waals surface area contributed by atoms with E-state index < -0.39 is 0 Å². The molecule has 0 aliphatic rings. The first kappa shape index (κ1) is 22.5. The van der Waals surface area contributed by atoms with Crippen molar-refractivity contribution in [2.45, 2.75) is 40.2 Å². The van der Waals surface area contributed by atoms with Gasteiger partial charge in [0.2, 0.25) is 0 Å². The van der Waals surface area contributed by atoms with E-state index in [0.717, 1.165) is 40.6 Å². The fourth-order valence-corrected chi connectivity index (χ4v) is 2.78. The molecule has 5 nitrogen and oxygen atoms in total. The first-order valence-electron chi connectivity index (χ1n) is 9.62. The second-order valence-electron chi connectivity index (χ2n) is 6.62. The summed E-state index contributed by atoms with van der Waals surface area (Å²) < 4.78 is 7.42. The van der Waals surface area contributed by atoms with Crippen LogP contribution in [0.15, 0.2) is 70.4 Å². The van der Waals surface area contributed by atoms with Crippen LogP contribution in [0.4, 0.5) is 0 Å². The SMILES string of the molecule is CC/C(Cl)=C\c1ccn(CC/C(=C\C=C(/C)OC)N=C(N)c2cccnc2)c1C. The topological polar surface area (TPSA) is 65.4 Å². The molecule has 0 aromatic carbocycles. The number of hydrogen-bond donors (Lipinski definition) is 1. The summed E-state index contributed by atoms with van der Waals surface area (Å²) >= 11 is 6.20. The molecule has 0 unspecified atom stereocenters. The van der Waals surface area contributed by atoms with Crippen LogP contribution in [0.3, 0.4) is 0 Å². The van der Waals surface area contributed by atoms with Crippen molar-refractivity contribution in [2.75, 3.05) is 7.11 Å². The third-order valence-corrected chi connectivity index (χ3v) is 4.97. The van der Waals surface area contributed by atoms with E-state index in [9.17, 15) is 0 Å². The van der Waals surface area contributed by atoms with Crippen molar-refractivity contribution in [3.05, 3.63) is 82.3 Å². The highest BCUT2D eigenvalue weighted by molar-refractivity contribution is 6.31. The van der Waals surface area contributed by atoms with Gasteiger partial charge in [-0.25, -0.2) is 4.99 Å². The lowest BCUT2D eigenvalue weighted by molar-refractivity contribution is 0.293. The molecule has 0 aliphatic carbocycles. The van der Waals surface area contributed by atoms with Crippen LogP contribution in [-0.4, -0.2) is 22.5 Å². The molecule has 0 saturated heterocycles. The predicted molar refractivity (Wildman–Crippen MR) is 122 cm³/mol. The van der Waals surface area contributed by atoms with Crippen molar-refractivity contribution in [1.82, 2.24) is 9.55 Å². The molecule has 154 valence electrons. The fraction of sp³-hybridized carbons (Fsp3) is 0.304. The minimum absolute atomic E-state index is 0.440. The highest BCUT2D eigenvalue weighted by Crippen LogP contribution is 2.19. The normalized spacial score (nSPS) is 13.7. The van der Waals surface area contributed by atoms with Crippen molar-refractivity contribution < 1.29 is 4.74 Å². The molecule has 29 heavy (non-hydrogen) atoms. The molecule has 2 aromatic rings. The predicted octanol–water partition coefficient (Wildman–Crippen LogP) is 5.41. The van der Waals surface area contributed by atoms with Gasteiger partial charge in [0.25, 0.3) is 0 Å². The highest BCUT2D eigenvalue weighted by Gasteiger charge is 2.06. The number of ether oxygens (including phenoxy) is 1. The lowest BCUT2D eigenvalue weighted by atomic mass is 10.2. The number of nitrogens with two attached hydrogens (primary N) is 1. The lowest BCUT2D eigenvalue weighted by Gasteiger charge is -2.09. The highest BCUT2D eigenvalue weighted by atomic mass is 35.5. The molecule has 0 amide bonds. The molecule has 0 saturated carbocycles. The summed E-state index contributed by atoms with van der Waals surface area (Å²) in [6.45, 7) is 6.81. The molecule has 2 aromatic heterocycles. The van der Waals surface area contributed by atoms with E-state index in [0.29, 0.717) is 12.3 Å². The zero-order chi connectivity index (χ0) is 21.2. The van der Waals surface area contributed by atoms with Crippen LogP contribution in [0.25, 0.3) is 6.08 Å². The third-order valence-electron chi connectivity index (χ3n) is 4.60. The Kier molecular flexibility index (Phi) is 8.74. The van der Waals surface area contributed by atoms with E-state index in [4.69, 9.17) is 22.1 Å². The number of amidine groups is 1. The summed E-state index contributed by atoms with van der Waals surface area (Å²) in [6.07, 6.45) is 12.9. The van der Waals surface area contributed by atoms with Gasteiger partial charge in [-0.15, -0.1) is 0 Å². The molecular formula is C23H29ClN4O. The van der Waals surface area contributed by atoms with Crippen molar-refractivity contribution >= 4 is 23.5 Å². The van der Waals surface area contributed by atoms with Gasteiger partial charge in [-0.05, 0) is 62.3 Å². The van der Waals surface area contributed by atoms with Gasteiger partial charge in [-0.1, -0.05) is 18.5 Å². The van der Waals surface area contributed by atoms with Crippen molar-refractivity contribution in [3.8, 4) is 0 Å². The summed E-state index contributed by atoms with van der Waals surface area (Å²) in [5.41, 5.74) is 10.2. The van der Waals surface area contributed by atoms with E-state index in [-0.39, 0.29) is 0 Å². The fourth-order valence-electron chi connectivity index (χ4n) is 2.66. The second-order valence-corrected chi connectivity index (χ2v) is 7.11. The Morgan fingerprint density at radius 3 is 2.79 bits per heavy atom. The number of halogens is 1. The number of aromatic nitrogens is 2. The van der Waals surface area contributed by atoms with Crippen LogP contribution in [-0.2, 0) is 11.3 Å². The molecule has 0 aliphatic heterocycles. The molecule has 0 radical (unpaired) electrons. The summed E-state index contributed by atoms with van der Waals surface area (Å²) in [6, 6.07) is 5.82. The van der Waals surface area contributed by atoms with Gasteiger partial charge in [0.1, 0.15) is 5.84 Å². The Balaban J connectivity index is 2.23. The van der Waals surface area contributed by atoms with Crippen LogP contribution in [0.5, 0.6) is 0 Å². The second kappa shape index (κ2) is 11.3. The third kappa shape index (κ3) is 6.95. The molecule has 2 heterocycles. The standard InChI is InChI=1S/C23H29ClN4O/c1-5-21(24)15-19-10-13-28(18(19)3)14-11-22(9-8-17(2)29-4)27-23(25)20-7-6-12-26-16-20/h6-10,12-13,15-16H,5,11,14H2,1-4H3,(H2,25,27)/b17-8+,21-15+,22-9+. The number of methoxy groups -OCH3 is 1. The first-order chi connectivity index (χ1) is 13.9. The van der Waals surface area contributed by atoms with E-state index >= 15 is 0 Å². The maximum atomic E-state index is 6.20. The number of pyridine rings is 1. The van der Waals surface area contributed by atoms with Gasteiger partial charge in [-0.3, -0.25) is 4.98 Å². The van der Waals surface area contributed by atoms with Crippen molar-refractivity contribution in [3.63, 3.8) is 0 Å². The smallest absolute Gasteiger partial charge is 0.132 e. The largest absolute Gasteiger partial charge is 0.501 e. The van der Waals surface area contributed by atoms with Crippen LogP contribution in [0.2, 0.25) is 0 Å². The summed E-state index contributed by atoms with van der Waals surface area (Å²) in [5, 5.41) is 0.848. The molecule has 6 heteroatoms. The lowest BCUT2D eigenvalue weighted by Crippen LogP contribution is -2.14. The maximum Gasteiger partial charge on any atom is 0.132 e. The zero-order valence-corrected chi connectivity index (χ0v) is 18.3. The Bertz CT molecular complexity index is 924. The number of rotatable bonds is 9. The van der Waals surface area contributed by atoms with Gasteiger partial charge >= 0.3 is 0 Å². The monoisotopic (exact) mass is 412 g/mol. The van der Waals surface area contributed by atoms with E-state index in [1.165, 1.54) is 5.69 Å². The summed E-state index contributed by atoms with van der Waals surface area (Å²) in [5.74, 6) is 1.24. The Morgan fingerprint density at radius 2 is 2.14 bits per heavy atom. The quantitative estimate of drug-likeness (QED) is 0.259. The number of hydrogen-bond acceptors (Lipinski definition) is 3. The van der Waals surface area contributed by atoms with Crippen LogP contribution in [0, 0.1) is 6.92 Å². The zero-order valence-electron chi connectivity index (χ0n) is 17.5.